The number of rotatable bonds is 8. The van der Waals surface area contributed by atoms with Crippen LogP contribution in [-0.2, 0) is 11.3 Å². The molecule has 2 aromatic rings. The Bertz CT molecular complexity index is 782. The second-order valence-electron chi connectivity index (χ2n) is 5.86. The minimum atomic E-state index is -0.256. The first-order valence-corrected chi connectivity index (χ1v) is 8.41. The molecule has 1 aromatic heterocycles. The number of aryl methyl sites for hydroxylation is 1. The Labute approximate surface area is 151 Å². The van der Waals surface area contributed by atoms with Gasteiger partial charge in [0, 0.05) is 32.5 Å². The van der Waals surface area contributed by atoms with Gasteiger partial charge in [0.2, 0.25) is 12.7 Å². The molecule has 1 aliphatic rings. The molecule has 8 heteroatoms. The zero-order valence-electron chi connectivity index (χ0n) is 14.9. The average Bonchev–Trinajstić information content (AvgIpc) is 3.10. The zero-order valence-corrected chi connectivity index (χ0v) is 14.9. The number of amides is 1. The second-order valence-corrected chi connectivity index (χ2v) is 5.86. The Morgan fingerprint density at radius 3 is 2.92 bits per heavy atom. The van der Waals surface area contributed by atoms with Crippen LogP contribution in [0.4, 0.5) is 5.95 Å². The van der Waals surface area contributed by atoms with E-state index in [0.717, 1.165) is 23.4 Å². The number of carbonyl (C=O) groups excluding carboxylic acids is 1. The molecule has 1 aliphatic heterocycles. The fraction of sp³-hybridized carbons (Fsp3) is 0.389. The molecule has 1 amide bonds. The van der Waals surface area contributed by atoms with Gasteiger partial charge in [0.05, 0.1) is 0 Å². The van der Waals surface area contributed by atoms with E-state index >= 15 is 0 Å². The molecule has 2 N–H and O–H groups in total. The highest BCUT2D eigenvalue weighted by Crippen LogP contribution is 2.32. The van der Waals surface area contributed by atoms with Crippen molar-refractivity contribution in [2.45, 2.75) is 19.9 Å². The first kappa shape index (κ1) is 17.9. The molecule has 8 nitrogen and oxygen atoms in total. The normalized spacial score (nSPS) is 12.1. The molecule has 0 fully saturated rings. The molecule has 0 spiro atoms. The first-order valence-electron chi connectivity index (χ1n) is 8.41. The van der Waals surface area contributed by atoms with E-state index in [1.165, 1.54) is 0 Å². The summed E-state index contributed by atoms with van der Waals surface area (Å²) in [6.45, 7) is 3.76. The summed E-state index contributed by atoms with van der Waals surface area (Å²) in [6, 6.07) is 7.24. The van der Waals surface area contributed by atoms with Crippen molar-refractivity contribution in [1.29, 1.82) is 0 Å². The van der Waals surface area contributed by atoms with Gasteiger partial charge in [0.15, 0.2) is 11.5 Å². The van der Waals surface area contributed by atoms with Crippen molar-refractivity contribution in [1.82, 2.24) is 15.3 Å². The number of hydrogen-bond donors (Lipinski definition) is 2. The van der Waals surface area contributed by atoms with Gasteiger partial charge < -0.3 is 24.8 Å². The molecule has 0 radical (unpaired) electrons. The average molecular weight is 358 g/mol. The van der Waals surface area contributed by atoms with E-state index < -0.39 is 0 Å². The predicted molar refractivity (Wildman–Crippen MR) is 95.5 cm³/mol. The lowest BCUT2D eigenvalue weighted by atomic mass is 10.2. The molecule has 2 heterocycles. The maximum Gasteiger partial charge on any atom is 0.270 e. The Morgan fingerprint density at radius 2 is 2.08 bits per heavy atom. The van der Waals surface area contributed by atoms with Crippen LogP contribution in [0.2, 0.25) is 0 Å². The maximum atomic E-state index is 12.4. The molecule has 0 bridgehead atoms. The summed E-state index contributed by atoms with van der Waals surface area (Å²) in [5.74, 6) is 1.59. The van der Waals surface area contributed by atoms with Crippen LogP contribution in [-0.4, -0.2) is 42.9 Å². The van der Waals surface area contributed by atoms with Crippen molar-refractivity contribution in [3.05, 3.63) is 41.2 Å². The van der Waals surface area contributed by atoms with Gasteiger partial charge in [-0.15, -0.1) is 0 Å². The Kier molecular flexibility index (Phi) is 5.85. The third-order valence-corrected chi connectivity index (χ3v) is 3.79. The van der Waals surface area contributed by atoms with Crippen molar-refractivity contribution >= 4 is 11.9 Å². The summed E-state index contributed by atoms with van der Waals surface area (Å²) in [5, 5.41) is 5.97. The fourth-order valence-corrected chi connectivity index (χ4v) is 2.50. The smallest absolute Gasteiger partial charge is 0.270 e. The Morgan fingerprint density at radius 1 is 1.23 bits per heavy atom. The number of carbonyl (C=O) groups is 1. The van der Waals surface area contributed by atoms with Crippen LogP contribution in [0.3, 0.4) is 0 Å². The number of nitrogens with zero attached hydrogens (tertiary/aromatic N) is 2. The van der Waals surface area contributed by atoms with Gasteiger partial charge in [-0.05, 0) is 37.1 Å². The maximum absolute atomic E-state index is 12.4. The van der Waals surface area contributed by atoms with Crippen LogP contribution in [0.25, 0.3) is 0 Å². The molecule has 0 saturated heterocycles. The molecular weight excluding hydrogens is 336 g/mol. The first-order chi connectivity index (χ1) is 12.7. The fourth-order valence-electron chi connectivity index (χ4n) is 2.50. The van der Waals surface area contributed by atoms with Gasteiger partial charge in [-0.3, -0.25) is 4.79 Å². The molecule has 0 unspecified atom stereocenters. The number of fused-ring (bicyclic) bond motifs is 1. The van der Waals surface area contributed by atoms with E-state index in [1.54, 1.807) is 13.2 Å². The quantitative estimate of drug-likeness (QED) is 0.696. The van der Waals surface area contributed by atoms with Crippen LogP contribution in [0, 0.1) is 6.92 Å². The van der Waals surface area contributed by atoms with E-state index in [1.807, 2.05) is 25.1 Å². The number of methoxy groups -OCH3 is 1. The third kappa shape index (κ3) is 4.60. The number of aromatic nitrogens is 2. The number of ether oxygens (including phenoxy) is 3. The van der Waals surface area contributed by atoms with Crippen LogP contribution in [0.1, 0.15) is 28.2 Å². The molecular formula is C18H22N4O4. The van der Waals surface area contributed by atoms with Crippen molar-refractivity contribution in [3.63, 3.8) is 0 Å². The van der Waals surface area contributed by atoms with Gasteiger partial charge in [0.25, 0.3) is 5.91 Å². The van der Waals surface area contributed by atoms with E-state index in [9.17, 15) is 4.79 Å². The summed E-state index contributed by atoms with van der Waals surface area (Å²) in [6.07, 6.45) is 0.833. The van der Waals surface area contributed by atoms with Gasteiger partial charge >= 0.3 is 0 Å². The largest absolute Gasteiger partial charge is 0.454 e. The van der Waals surface area contributed by atoms with Crippen molar-refractivity contribution in [2.75, 3.05) is 32.4 Å². The van der Waals surface area contributed by atoms with Crippen molar-refractivity contribution in [3.8, 4) is 11.5 Å². The molecule has 0 aliphatic carbocycles. The highest BCUT2D eigenvalue weighted by molar-refractivity contribution is 5.92. The SMILES string of the molecule is COCCCNc1nc(C)cc(C(=O)NCc2ccc3c(c2)OCO3)n1. The lowest BCUT2D eigenvalue weighted by Crippen LogP contribution is -2.24. The van der Waals surface area contributed by atoms with Crippen LogP contribution in [0.15, 0.2) is 24.3 Å². The summed E-state index contributed by atoms with van der Waals surface area (Å²) >= 11 is 0. The van der Waals surface area contributed by atoms with E-state index in [0.29, 0.717) is 37.1 Å². The zero-order chi connectivity index (χ0) is 18.4. The van der Waals surface area contributed by atoms with Crippen molar-refractivity contribution < 1.29 is 19.0 Å². The summed E-state index contributed by atoms with van der Waals surface area (Å²) in [4.78, 5) is 21.0. The van der Waals surface area contributed by atoms with E-state index in [4.69, 9.17) is 14.2 Å². The number of nitrogens with one attached hydrogen (secondary N) is 2. The number of anilines is 1. The highest BCUT2D eigenvalue weighted by atomic mass is 16.7. The molecule has 138 valence electrons. The third-order valence-electron chi connectivity index (χ3n) is 3.79. The van der Waals surface area contributed by atoms with Crippen molar-refractivity contribution in [2.24, 2.45) is 0 Å². The van der Waals surface area contributed by atoms with Gasteiger partial charge in [-0.25, -0.2) is 9.97 Å². The topological polar surface area (TPSA) is 94.6 Å². The Balaban J connectivity index is 1.59. The Hall–Kier alpha value is -2.87. The van der Waals surface area contributed by atoms with Gasteiger partial charge in [0.1, 0.15) is 5.69 Å². The molecule has 1 aromatic carbocycles. The predicted octanol–water partition coefficient (Wildman–Crippen LogP) is 1.89. The molecule has 0 saturated carbocycles. The van der Waals surface area contributed by atoms with Crippen LogP contribution < -0.4 is 20.1 Å². The standard InChI is InChI=1S/C18H22N4O4/c1-12-8-14(22-18(21-12)19-6-3-7-24-2)17(23)20-10-13-4-5-15-16(9-13)26-11-25-15/h4-5,8-9H,3,6-7,10-11H2,1-2H3,(H,20,23)(H,19,21,22). The summed E-state index contributed by atoms with van der Waals surface area (Å²) in [5.41, 5.74) is 1.97. The van der Waals surface area contributed by atoms with Gasteiger partial charge in [-0.1, -0.05) is 6.07 Å². The molecule has 3 rings (SSSR count). The summed E-state index contributed by atoms with van der Waals surface area (Å²) < 4.78 is 15.6. The lowest BCUT2D eigenvalue weighted by Gasteiger charge is -2.09. The molecule has 26 heavy (non-hydrogen) atoms. The minimum absolute atomic E-state index is 0.228. The highest BCUT2D eigenvalue weighted by Gasteiger charge is 2.14. The monoisotopic (exact) mass is 358 g/mol. The number of hydrogen-bond acceptors (Lipinski definition) is 7. The lowest BCUT2D eigenvalue weighted by molar-refractivity contribution is 0.0945. The molecule has 0 atom stereocenters. The van der Waals surface area contributed by atoms with Gasteiger partial charge in [-0.2, -0.15) is 0 Å². The van der Waals surface area contributed by atoms with Crippen LogP contribution in [0.5, 0.6) is 11.5 Å². The van der Waals surface area contributed by atoms with Crippen LogP contribution >= 0.6 is 0 Å². The minimum Gasteiger partial charge on any atom is -0.454 e. The number of benzene rings is 1. The van der Waals surface area contributed by atoms with E-state index in [2.05, 4.69) is 20.6 Å². The van der Waals surface area contributed by atoms with E-state index in [-0.39, 0.29) is 12.7 Å². The summed E-state index contributed by atoms with van der Waals surface area (Å²) in [7, 11) is 1.66. The second kappa shape index (κ2) is 8.48.